The van der Waals surface area contributed by atoms with E-state index in [1.807, 2.05) is 0 Å². The first-order chi connectivity index (χ1) is 5.62. The van der Waals surface area contributed by atoms with Crippen molar-refractivity contribution in [2.24, 2.45) is 0 Å². The minimum atomic E-state index is -1.71. The molecule has 0 radical (unpaired) electrons. The van der Waals surface area contributed by atoms with Gasteiger partial charge in [-0.05, 0) is 0 Å². The van der Waals surface area contributed by atoms with Crippen molar-refractivity contribution in [2.75, 3.05) is 0 Å². The van der Waals surface area contributed by atoms with Crippen LogP contribution >= 0.6 is 0 Å². The van der Waals surface area contributed by atoms with Crippen molar-refractivity contribution < 1.29 is 0 Å². The molecule has 0 bridgehead atoms. The average molecular weight is 219 g/mol. The molecule has 0 aliphatic carbocycles. The van der Waals surface area contributed by atoms with E-state index in [4.69, 9.17) is 0 Å². The summed E-state index contributed by atoms with van der Waals surface area (Å²) in [5, 5.41) is 0. The Labute approximate surface area is 76.7 Å². The fourth-order valence-corrected chi connectivity index (χ4v) is 6.71. The Hall–Kier alpha value is -0.497. The molecule has 0 fully saturated rings. The van der Waals surface area contributed by atoms with Gasteiger partial charge in [0.25, 0.3) is 0 Å². The van der Waals surface area contributed by atoms with Crippen LogP contribution in [0.3, 0.4) is 0 Å². The van der Waals surface area contributed by atoms with E-state index in [0.29, 0.717) is 0 Å². The minimum absolute atomic E-state index is 1.47. The van der Waals surface area contributed by atoms with Crippen molar-refractivity contribution in [1.29, 1.82) is 0 Å². The first-order valence-electron chi connectivity index (χ1n) is 4.40. The van der Waals surface area contributed by atoms with Crippen LogP contribution in [0.4, 0.5) is 0 Å². The Kier molecular flexibility index (Phi) is 1.69. The second-order valence-corrected chi connectivity index (χ2v) is 13.6. The molecule has 0 atom stereocenters. The summed E-state index contributed by atoms with van der Waals surface area (Å²) in [6.07, 6.45) is 2.37. The van der Waals surface area contributed by atoms with Gasteiger partial charge < -0.3 is 0 Å². The maximum atomic E-state index is 2.47. The molecule has 1 aliphatic heterocycles. The number of rotatable bonds is 0. The summed E-state index contributed by atoms with van der Waals surface area (Å²) in [7, 11) is 0. The van der Waals surface area contributed by atoms with Crippen molar-refractivity contribution in [3.63, 3.8) is 0 Å². The van der Waals surface area contributed by atoms with Crippen LogP contribution in [0.5, 0.6) is 0 Å². The molecule has 1 aromatic rings. The topological polar surface area (TPSA) is 0 Å². The zero-order valence-corrected chi connectivity index (χ0v) is 9.98. The Morgan fingerprint density at radius 2 is 1.75 bits per heavy atom. The maximum absolute atomic E-state index is 2.47. The molecule has 0 saturated carbocycles. The molecule has 62 valence electrons. The third-order valence-electron chi connectivity index (χ3n) is 2.99. The van der Waals surface area contributed by atoms with Crippen LogP contribution in [-0.4, -0.2) is 13.3 Å². The quantitative estimate of drug-likeness (QED) is 0.588. The summed E-state index contributed by atoms with van der Waals surface area (Å²) in [5.74, 6) is 4.94. The fourth-order valence-electron chi connectivity index (χ4n) is 1.82. The zero-order chi connectivity index (χ0) is 8.77. The van der Waals surface area contributed by atoms with E-state index >= 15 is 0 Å². The molecule has 0 saturated heterocycles. The van der Waals surface area contributed by atoms with Crippen LogP contribution in [0.15, 0.2) is 28.7 Å². The van der Waals surface area contributed by atoms with Gasteiger partial charge in [0.1, 0.15) is 0 Å². The summed E-state index contributed by atoms with van der Waals surface area (Å²) < 4.78 is 3.30. The first kappa shape index (κ1) is 8.12. The van der Waals surface area contributed by atoms with E-state index in [1.54, 1.807) is 8.80 Å². The summed E-state index contributed by atoms with van der Waals surface area (Å²) >= 11 is -1.71. The molecule has 0 spiro atoms. The summed E-state index contributed by atoms with van der Waals surface area (Å²) in [4.78, 5) is 0. The number of hydrogen-bond acceptors (Lipinski definition) is 0. The SMILES string of the molecule is C[C]1=Cc2cccc[c]2[Ge]1([CH3])[CH3]. The van der Waals surface area contributed by atoms with Crippen molar-refractivity contribution >= 4 is 23.7 Å². The molecule has 0 amide bonds. The molecular weight excluding hydrogens is 205 g/mol. The van der Waals surface area contributed by atoms with Gasteiger partial charge in [0.15, 0.2) is 0 Å². The molecule has 1 aromatic carbocycles. The molecule has 0 aromatic heterocycles. The van der Waals surface area contributed by atoms with Crippen LogP contribution in [0.1, 0.15) is 12.5 Å². The molecule has 0 N–H and O–H groups in total. The second kappa shape index (κ2) is 2.49. The van der Waals surface area contributed by atoms with Crippen molar-refractivity contribution in [2.45, 2.75) is 18.4 Å². The summed E-state index contributed by atoms with van der Waals surface area (Å²) in [6, 6.07) is 8.84. The van der Waals surface area contributed by atoms with E-state index in [-0.39, 0.29) is 0 Å². The molecule has 1 heterocycles. The summed E-state index contributed by atoms with van der Waals surface area (Å²) in [6.45, 7) is 2.29. The van der Waals surface area contributed by atoms with E-state index in [2.05, 4.69) is 48.8 Å². The van der Waals surface area contributed by atoms with Crippen LogP contribution < -0.4 is 4.40 Å². The van der Waals surface area contributed by atoms with Gasteiger partial charge in [0.2, 0.25) is 0 Å². The van der Waals surface area contributed by atoms with Gasteiger partial charge in [-0.3, -0.25) is 0 Å². The molecule has 0 unspecified atom stereocenters. The number of benzene rings is 1. The normalized spacial score (nSPS) is 18.8. The van der Waals surface area contributed by atoms with Gasteiger partial charge in [-0.15, -0.1) is 0 Å². The summed E-state index contributed by atoms with van der Waals surface area (Å²) in [5.41, 5.74) is 1.47. The Bertz CT molecular complexity index is 348. The van der Waals surface area contributed by atoms with Crippen LogP contribution in [0.2, 0.25) is 11.5 Å². The number of hydrogen-bond donors (Lipinski definition) is 0. The van der Waals surface area contributed by atoms with Crippen LogP contribution in [-0.2, 0) is 0 Å². The van der Waals surface area contributed by atoms with Crippen molar-refractivity contribution in [1.82, 2.24) is 0 Å². The third kappa shape index (κ3) is 0.978. The zero-order valence-electron chi connectivity index (χ0n) is 7.89. The van der Waals surface area contributed by atoms with E-state index in [0.717, 1.165) is 0 Å². The van der Waals surface area contributed by atoms with Gasteiger partial charge in [0.05, 0.1) is 0 Å². The average Bonchev–Trinajstić information content (AvgIpc) is 2.25. The third-order valence-corrected chi connectivity index (χ3v) is 11.2. The predicted molar refractivity (Wildman–Crippen MR) is 57.2 cm³/mol. The van der Waals surface area contributed by atoms with Gasteiger partial charge >= 0.3 is 76.4 Å². The predicted octanol–water partition coefficient (Wildman–Crippen LogP) is 2.56. The van der Waals surface area contributed by atoms with Crippen molar-refractivity contribution in [3.8, 4) is 0 Å². The number of allylic oxidation sites excluding steroid dienone is 1. The Morgan fingerprint density at radius 1 is 1.08 bits per heavy atom. The van der Waals surface area contributed by atoms with E-state index in [9.17, 15) is 0 Å². The van der Waals surface area contributed by atoms with E-state index < -0.39 is 13.3 Å². The van der Waals surface area contributed by atoms with E-state index in [1.165, 1.54) is 5.56 Å². The fraction of sp³-hybridized carbons (Fsp3) is 0.273. The standard InChI is InChI=1S/C11H14Ge/c1-9-8-10-6-4-5-7-11(10)12(9,2)3/h4-8H,1-3H3. The molecule has 1 aliphatic rings. The molecule has 1 heteroatoms. The monoisotopic (exact) mass is 220 g/mol. The van der Waals surface area contributed by atoms with Crippen LogP contribution in [0.25, 0.3) is 6.08 Å². The molecule has 12 heavy (non-hydrogen) atoms. The molecular formula is C11H14Ge. The first-order valence-corrected chi connectivity index (χ1v) is 10.7. The van der Waals surface area contributed by atoms with Crippen molar-refractivity contribution in [3.05, 3.63) is 34.2 Å². The Morgan fingerprint density at radius 3 is 2.42 bits per heavy atom. The van der Waals surface area contributed by atoms with Gasteiger partial charge in [-0.2, -0.15) is 0 Å². The van der Waals surface area contributed by atoms with Gasteiger partial charge in [-0.25, -0.2) is 0 Å². The number of fused-ring (bicyclic) bond motifs is 1. The Balaban J connectivity index is 2.66. The van der Waals surface area contributed by atoms with Crippen LogP contribution in [0, 0.1) is 0 Å². The molecule has 2 rings (SSSR count). The second-order valence-electron chi connectivity index (χ2n) is 4.04. The van der Waals surface area contributed by atoms with Gasteiger partial charge in [0, 0.05) is 0 Å². The van der Waals surface area contributed by atoms with Gasteiger partial charge in [-0.1, -0.05) is 0 Å². The molecule has 0 nitrogen and oxygen atoms in total.